The lowest BCUT2D eigenvalue weighted by Gasteiger charge is -2.37. The number of rotatable bonds is 4. The molecule has 0 bridgehead atoms. The second kappa shape index (κ2) is 6.16. The van der Waals surface area contributed by atoms with Crippen LogP contribution in [0.5, 0.6) is 0 Å². The van der Waals surface area contributed by atoms with Gasteiger partial charge in [-0.1, -0.05) is 11.6 Å². The molecule has 0 aromatic carbocycles. The second-order valence-electron chi connectivity index (χ2n) is 4.48. The molecule has 2 N–H and O–H groups in total. The van der Waals surface area contributed by atoms with E-state index in [4.69, 9.17) is 17.3 Å². The van der Waals surface area contributed by atoms with E-state index in [2.05, 4.69) is 22.8 Å². The summed E-state index contributed by atoms with van der Waals surface area (Å²) in [6.07, 6.45) is 0. The maximum absolute atomic E-state index is 5.99. The van der Waals surface area contributed by atoms with Crippen molar-refractivity contribution in [1.82, 2.24) is 9.80 Å². The highest BCUT2D eigenvalue weighted by Gasteiger charge is 2.22. The third-order valence-corrected chi connectivity index (χ3v) is 4.81. The average Bonchev–Trinajstić information content (AvgIpc) is 2.76. The van der Waals surface area contributed by atoms with Crippen LogP contribution in [-0.4, -0.2) is 49.1 Å². The van der Waals surface area contributed by atoms with Crippen molar-refractivity contribution in [2.75, 3.05) is 39.3 Å². The zero-order chi connectivity index (χ0) is 12.3. The van der Waals surface area contributed by atoms with Gasteiger partial charge in [0, 0.05) is 50.2 Å². The Morgan fingerprint density at radius 2 is 2.06 bits per heavy atom. The molecule has 1 aliphatic heterocycles. The molecule has 0 radical (unpaired) electrons. The molecule has 1 atom stereocenters. The van der Waals surface area contributed by atoms with Crippen LogP contribution in [-0.2, 0) is 0 Å². The Morgan fingerprint density at radius 3 is 2.59 bits per heavy atom. The number of nitrogens with two attached hydrogens (primary N) is 1. The molecule has 0 saturated carbocycles. The van der Waals surface area contributed by atoms with E-state index in [0.29, 0.717) is 6.04 Å². The van der Waals surface area contributed by atoms with Gasteiger partial charge < -0.3 is 5.73 Å². The minimum Gasteiger partial charge on any atom is -0.329 e. The van der Waals surface area contributed by atoms with Crippen LogP contribution >= 0.6 is 22.9 Å². The minimum absolute atomic E-state index is 0.479. The van der Waals surface area contributed by atoms with Crippen molar-refractivity contribution >= 4 is 22.9 Å². The summed E-state index contributed by atoms with van der Waals surface area (Å²) in [4.78, 5) is 6.32. The summed E-state index contributed by atoms with van der Waals surface area (Å²) in [6.45, 7) is 8.54. The number of thiophene rings is 1. The van der Waals surface area contributed by atoms with Crippen LogP contribution in [0.3, 0.4) is 0 Å². The van der Waals surface area contributed by atoms with Gasteiger partial charge in [-0.05, 0) is 19.1 Å². The van der Waals surface area contributed by atoms with Crippen LogP contribution in [0.15, 0.2) is 12.1 Å². The molecule has 3 nitrogen and oxygen atoms in total. The van der Waals surface area contributed by atoms with Crippen LogP contribution in [0.25, 0.3) is 0 Å². The van der Waals surface area contributed by atoms with Crippen molar-refractivity contribution in [1.29, 1.82) is 0 Å². The Hall–Kier alpha value is -0.130. The van der Waals surface area contributed by atoms with E-state index < -0.39 is 0 Å². The Morgan fingerprint density at radius 1 is 1.35 bits per heavy atom. The summed E-state index contributed by atoms with van der Waals surface area (Å²) < 4.78 is 0.883. The molecule has 1 aromatic rings. The number of nitrogens with zero attached hydrogens (tertiary/aromatic N) is 2. The van der Waals surface area contributed by atoms with Gasteiger partial charge in [-0.25, -0.2) is 0 Å². The summed E-state index contributed by atoms with van der Waals surface area (Å²) in [5, 5.41) is 0. The predicted molar refractivity (Wildman–Crippen MR) is 74.8 cm³/mol. The average molecular weight is 274 g/mol. The quantitative estimate of drug-likeness (QED) is 0.911. The molecular weight excluding hydrogens is 254 g/mol. The molecule has 1 aliphatic rings. The molecule has 1 saturated heterocycles. The maximum Gasteiger partial charge on any atom is 0.0931 e. The smallest absolute Gasteiger partial charge is 0.0931 e. The van der Waals surface area contributed by atoms with Gasteiger partial charge in [0.2, 0.25) is 0 Å². The van der Waals surface area contributed by atoms with Crippen LogP contribution < -0.4 is 5.73 Å². The Balaban J connectivity index is 1.88. The monoisotopic (exact) mass is 273 g/mol. The fraction of sp³-hybridized carbons (Fsp3) is 0.667. The molecule has 1 aromatic heterocycles. The van der Waals surface area contributed by atoms with Gasteiger partial charge in [0.25, 0.3) is 0 Å². The zero-order valence-electron chi connectivity index (χ0n) is 10.2. The lowest BCUT2D eigenvalue weighted by molar-refractivity contribution is 0.106. The molecule has 0 spiro atoms. The van der Waals surface area contributed by atoms with E-state index in [-0.39, 0.29) is 0 Å². The maximum atomic E-state index is 5.99. The highest BCUT2D eigenvalue weighted by Crippen LogP contribution is 2.30. The first-order valence-electron chi connectivity index (χ1n) is 6.12. The van der Waals surface area contributed by atoms with Gasteiger partial charge in [-0.2, -0.15) is 0 Å². The van der Waals surface area contributed by atoms with Crippen molar-refractivity contribution in [3.8, 4) is 0 Å². The lowest BCUT2D eigenvalue weighted by atomic mass is 10.2. The van der Waals surface area contributed by atoms with Gasteiger partial charge in [0.15, 0.2) is 0 Å². The van der Waals surface area contributed by atoms with Gasteiger partial charge in [0.1, 0.15) is 0 Å². The minimum atomic E-state index is 0.479. The first-order valence-corrected chi connectivity index (χ1v) is 7.32. The van der Waals surface area contributed by atoms with Crippen molar-refractivity contribution in [3.63, 3.8) is 0 Å². The molecule has 0 amide bonds. The number of piperazine rings is 1. The van der Waals surface area contributed by atoms with Crippen molar-refractivity contribution in [2.24, 2.45) is 5.73 Å². The van der Waals surface area contributed by atoms with Gasteiger partial charge in [-0.15, -0.1) is 11.3 Å². The van der Waals surface area contributed by atoms with E-state index in [1.165, 1.54) is 4.88 Å². The van der Waals surface area contributed by atoms with Crippen LogP contribution in [0.2, 0.25) is 4.34 Å². The number of hydrogen-bond acceptors (Lipinski definition) is 4. The fourth-order valence-corrected chi connectivity index (χ4v) is 3.44. The number of halogens is 1. The van der Waals surface area contributed by atoms with Gasteiger partial charge >= 0.3 is 0 Å². The van der Waals surface area contributed by atoms with E-state index in [9.17, 15) is 0 Å². The zero-order valence-corrected chi connectivity index (χ0v) is 11.8. The Kier molecular flexibility index (Phi) is 4.82. The number of hydrogen-bond donors (Lipinski definition) is 1. The third kappa shape index (κ3) is 3.42. The highest BCUT2D eigenvalue weighted by molar-refractivity contribution is 7.16. The molecule has 0 aliphatic carbocycles. The normalized spacial score (nSPS) is 20.6. The van der Waals surface area contributed by atoms with Crippen molar-refractivity contribution in [2.45, 2.75) is 13.0 Å². The molecule has 1 fully saturated rings. The van der Waals surface area contributed by atoms with E-state index >= 15 is 0 Å². The molecule has 2 heterocycles. The largest absolute Gasteiger partial charge is 0.329 e. The third-order valence-electron chi connectivity index (χ3n) is 3.41. The predicted octanol–water partition coefficient (Wildman–Crippen LogP) is 2.04. The van der Waals surface area contributed by atoms with Gasteiger partial charge in [-0.3, -0.25) is 9.80 Å². The van der Waals surface area contributed by atoms with Crippen molar-refractivity contribution in [3.05, 3.63) is 21.3 Å². The second-order valence-corrected chi connectivity index (χ2v) is 6.23. The summed E-state index contributed by atoms with van der Waals surface area (Å²) in [7, 11) is 0. The molecule has 1 unspecified atom stereocenters. The Bertz CT molecular complexity index is 347. The fourth-order valence-electron chi connectivity index (χ4n) is 2.29. The first-order chi connectivity index (χ1) is 8.20. The molecule has 96 valence electrons. The van der Waals surface area contributed by atoms with E-state index in [1.54, 1.807) is 11.3 Å². The summed E-state index contributed by atoms with van der Waals surface area (Å²) in [5.41, 5.74) is 5.58. The van der Waals surface area contributed by atoms with Crippen molar-refractivity contribution < 1.29 is 0 Å². The van der Waals surface area contributed by atoms with Crippen LogP contribution in [0.1, 0.15) is 17.8 Å². The molecule has 17 heavy (non-hydrogen) atoms. The molecule has 2 rings (SSSR count). The van der Waals surface area contributed by atoms with E-state index in [1.807, 2.05) is 6.07 Å². The summed E-state index contributed by atoms with van der Waals surface area (Å²) in [6, 6.07) is 4.61. The standard InChI is InChI=1S/C12H20ClN3S/c1-10(11-2-3-12(13)17-11)16-8-6-15(5-4-14)7-9-16/h2-3,10H,4-9,14H2,1H3. The summed E-state index contributed by atoms with van der Waals surface area (Å²) in [5.74, 6) is 0. The molecule has 5 heteroatoms. The first kappa shape index (κ1) is 13.3. The highest BCUT2D eigenvalue weighted by atomic mass is 35.5. The topological polar surface area (TPSA) is 32.5 Å². The van der Waals surface area contributed by atoms with Gasteiger partial charge in [0.05, 0.1) is 4.34 Å². The lowest BCUT2D eigenvalue weighted by Crippen LogP contribution is -2.48. The summed E-state index contributed by atoms with van der Waals surface area (Å²) >= 11 is 7.68. The van der Waals surface area contributed by atoms with Crippen LogP contribution in [0, 0.1) is 0 Å². The molecular formula is C12H20ClN3S. The SMILES string of the molecule is CC(c1ccc(Cl)s1)N1CCN(CCN)CC1. The Labute approximate surface area is 112 Å². The van der Waals surface area contributed by atoms with E-state index in [0.717, 1.165) is 43.6 Å². The van der Waals surface area contributed by atoms with Crippen LogP contribution in [0.4, 0.5) is 0 Å².